The maximum absolute atomic E-state index is 5.60. The summed E-state index contributed by atoms with van der Waals surface area (Å²) in [6.07, 6.45) is 7.03. The average Bonchev–Trinajstić information content (AvgIpc) is 2.56. The Balaban J connectivity index is 1.66. The second kappa shape index (κ2) is 5.79. The molecule has 1 aliphatic rings. The lowest BCUT2D eigenvalue weighted by atomic mass is 10.3. The summed E-state index contributed by atoms with van der Waals surface area (Å²) in [6.45, 7) is 3.91. The number of anilines is 2. The fourth-order valence-electron chi connectivity index (χ4n) is 2.24. The first-order chi connectivity index (χ1) is 9.86. The van der Waals surface area contributed by atoms with Crippen LogP contribution < -0.4 is 15.5 Å². The second-order valence-electron chi connectivity index (χ2n) is 4.60. The van der Waals surface area contributed by atoms with E-state index in [0.717, 1.165) is 43.6 Å². The Morgan fingerprint density at radius 3 is 2.40 bits per heavy atom. The van der Waals surface area contributed by atoms with Gasteiger partial charge in [0, 0.05) is 51.3 Å². The molecule has 1 saturated heterocycles. The summed E-state index contributed by atoms with van der Waals surface area (Å²) < 4.78 is 0. The predicted octanol–water partition coefficient (Wildman–Crippen LogP) is 0.0519. The van der Waals surface area contributed by atoms with Gasteiger partial charge in [0.1, 0.15) is 5.82 Å². The number of nitrogens with two attached hydrogens (primary N) is 1. The molecule has 0 bridgehead atoms. The topological polar surface area (TPSA) is 84.1 Å². The first-order valence-electron chi connectivity index (χ1n) is 6.65. The number of hydrogen-bond donors (Lipinski definition) is 1. The molecule has 3 rings (SSSR count). The average molecular weight is 271 g/mol. The Morgan fingerprint density at radius 1 is 1.00 bits per heavy atom. The van der Waals surface area contributed by atoms with Crippen molar-refractivity contribution in [3.05, 3.63) is 36.5 Å². The highest BCUT2D eigenvalue weighted by molar-refractivity contribution is 5.40. The third-order valence-electron chi connectivity index (χ3n) is 3.32. The molecule has 2 aromatic heterocycles. The zero-order chi connectivity index (χ0) is 13.8. The fraction of sp³-hybridized carbons (Fsp3) is 0.385. The zero-order valence-electron chi connectivity index (χ0n) is 11.2. The molecule has 0 aliphatic carbocycles. The molecule has 0 atom stereocenters. The summed E-state index contributed by atoms with van der Waals surface area (Å²) in [5, 5.41) is 0. The van der Waals surface area contributed by atoms with Crippen molar-refractivity contribution in [2.45, 2.75) is 6.54 Å². The monoisotopic (exact) mass is 271 g/mol. The number of hydrogen-bond acceptors (Lipinski definition) is 7. The van der Waals surface area contributed by atoms with Crippen LogP contribution in [0.3, 0.4) is 0 Å². The van der Waals surface area contributed by atoms with Crippen molar-refractivity contribution < 1.29 is 0 Å². The first kappa shape index (κ1) is 12.7. The van der Waals surface area contributed by atoms with E-state index in [2.05, 4.69) is 29.7 Å². The lowest BCUT2D eigenvalue weighted by Gasteiger charge is -2.35. The molecule has 0 aromatic carbocycles. The highest BCUT2D eigenvalue weighted by atomic mass is 15.3. The van der Waals surface area contributed by atoms with Gasteiger partial charge in [-0.15, -0.1) is 0 Å². The Hall–Kier alpha value is -2.28. The van der Waals surface area contributed by atoms with E-state index in [-0.39, 0.29) is 0 Å². The van der Waals surface area contributed by atoms with Gasteiger partial charge in [-0.2, -0.15) is 0 Å². The minimum atomic E-state index is 0.415. The lowest BCUT2D eigenvalue weighted by Crippen LogP contribution is -2.47. The second-order valence-corrected chi connectivity index (χ2v) is 4.60. The van der Waals surface area contributed by atoms with E-state index in [1.807, 2.05) is 6.07 Å². The molecule has 1 fully saturated rings. The summed E-state index contributed by atoms with van der Waals surface area (Å²) >= 11 is 0. The van der Waals surface area contributed by atoms with Crippen LogP contribution in [0.2, 0.25) is 0 Å². The quantitative estimate of drug-likeness (QED) is 0.844. The maximum atomic E-state index is 5.60. The molecule has 0 saturated carbocycles. The van der Waals surface area contributed by atoms with Crippen molar-refractivity contribution in [1.29, 1.82) is 0 Å². The van der Waals surface area contributed by atoms with E-state index < -0.39 is 0 Å². The first-order valence-corrected chi connectivity index (χ1v) is 6.65. The molecule has 3 heterocycles. The van der Waals surface area contributed by atoms with E-state index in [1.54, 1.807) is 24.8 Å². The van der Waals surface area contributed by atoms with Gasteiger partial charge in [-0.1, -0.05) is 0 Å². The van der Waals surface area contributed by atoms with Crippen molar-refractivity contribution in [3.63, 3.8) is 0 Å². The van der Waals surface area contributed by atoms with E-state index in [0.29, 0.717) is 6.54 Å². The summed E-state index contributed by atoms with van der Waals surface area (Å²) in [4.78, 5) is 21.6. The molecule has 0 spiro atoms. The normalized spacial score (nSPS) is 15.4. The Labute approximate surface area is 117 Å². The zero-order valence-corrected chi connectivity index (χ0v) is 11.2. The summed E-state index contributed by atoms with van der Waals surface area (Å²) in [5.74, 6) is 1.68. The lowest BCUT2D eigenvalue weighted by molar-refractivity contribution is 0.632. The van der Waals surface area contributed by atoms with Crippen LogP contribution in [0.15, 0.2) is 30.9 Å². The fourth-order valence-corrected chi connectivity index (χ4v) is 2.24. The highest BCUT2D eigenvalue weighted by Gasteiger charge is 2.19. The van der Waals surface area contributed by atoms with E-state index >= 15 is 0 Å². The van der Waals surface area contributed by atoms with Crippen molar-refractivity contribution >= 4 is 11.8 Å². The van der Waals surface area contributed by atoms with Gasteiger partial charge in [-0.25, -0.2) is 15.0 Å². The Kier molecular flexibility index (Phi) is 3.69. The van der Waals surface area contributed by atoms with Gasteiger partial charge in [0.2, 0.25) is 5.95 Å². The van der Waals surface area contributed by atoms with Gasteiger partial charge in [0.15, 0.2) is 0 Å². The molecule has 20 heavy (non-hydrogen) atoms. The minimum Gasteiger partial charge on any atom is -0.352 e. The van der Waals surface area contributed by atoms with Crippen LogP contribution in [0.1, 0.15) is 5.69 Å². The molecule has 104 valence electrons. The molecule has 2 N–H and O–H groups in total. The van der Waals surface area contributed by atoms with E-state index in [1.165, 1.54) is 0 Å². The van der Waals surface area contributed by atoms with Crippen LogP contribution in [0.5, 0.6) is 0 Å². The molecule has 0 unspecified atom stereocenters. The van der Waals surface area contributed by atoms with Crippen molar-refractivity contribution in [3.8, 4) is 0 Å². The molecule has 0 radical (unpaired) electrons. The van der Waals surface area contributed by atoms with E-state index in [4.69, 9.17) is 5.73 Å². The van der Waals surface area contributed by atoms with Gasteiger partial charge in [0.25, 0.3) is 0 Å². The van der Waals surface area contributed by atoms with Gasteiger partial charge in [-0.3, -0.25) is 4.98 Å². The van der Waals surface area contributed by atoms with Crippen molar-refractivity contribution in [2.24, 2.45) is 5.73 Å². The maximum Gasteiger partial charge on any atom is 0.225 e. The molecule has 1 aliphatic heterocycles. The predicted molar refractivity (Wildman–Crippen MR) is 76.4 cm³/mol. The van der Waals surface area contributed by atoms with Gasteiger partial charge in [-0.05, 0) is 6.07 Å². The number of nitrogens with zero attached hydrogens (tertiary/aromatic N) is 6. The number of aromatic nitrogens is 4. The molecular formula is C13H17N7. The largest absolute Gasteiger partial charge is 0.352 e. The molecule has 7 nitrogen and oxygen atoms in total. The Morgan fingerprint density at radius 2 is 1.70 bits per heavy atom. The number of piperazine rings is 1. The highest BCUT2D eigenvalue weighted by Crippen LogP contribution is 2.15. The minimum absolute atomic E-state index is 0.415. The van der Waals surface area contributed by atoms with E-state index in [9.17, 15) is 0 Å². The summed E-state index contributed by atoms with van der Waals surface area (Å²) in [7, 11) is 0. The van der Waals surface area contributed by atoms with Crippen LogP contribution >= 0.6 is 0 Å². The summed E-state index contributed by atoms with van der Waals surface area (Å²) in [6, 6.07) is 1.83. The molecular weight excluding hydrogens is 254 g/mol. The standard InChI is InChI=1S/C13H17N7/c14-8-11-9-15-10-12(18-11)19-4-6-20(7-5-19)13-16-2-1-3-17-13/h1-3,9-10H,4-8,14H2. The van der Waals surface area contributed by atoms with Crippen molar-refractivity contribution in [1.82, 2.24) is 19.9 Å². The number of rotatable bonds is 3. The van der Waals surface area contributed by atoms with Crippen LogP contribution in [-0.2, 0) is 6.54 Å². The molecule has 7 heteroatoms. The van der Waals surface area contributed by atoms with Gasteiger partial charge < -0.3 is 15.5 Å². The SMILES string of the molecule is NCc1cncc(N2CCN(c3ncccn3)CC2)n1. The van der Waals surface area contributed by atoms with Crippen LogP contribution in [0.4, 0.5) is 11.8 Å². The van der Waals surface area contributed by atoms with Crippen molar-refractivity contribution in [2.75, 3.05) is 36.0 Å². The van der Waals surface area contributed by atoms with Crippen LogP contribution in [0, 0.1) is 0 Å². The molecule has 0 amide bonds. The van der Waals surface area contributed by atoms with Crippen LogP contribution in [0.25, 0.3) is 0 Å². The van der Waals surface area contributed by atoms with Gasteiger partial charge in [0.05, 0.1) is 11.9 Å². The van der Waals surface area contributed by atoms with Gasteiger partial charge >= 0.3 is 0 Å². The summed E-state index contributed by atoms with van der Waals surface area (Å²) in [5.41, 5.74) is 6.42. The third-order valence-corrected chi connectivity index (χ3v) is 3.32. The van der Waals surface area contributed by atoms with Crippen LogP contribution in [-0.4, -0.2) is 46.1 Å². The Bertz CT molecular complexity index is 552. The smallest absolute Gasteiger partial charge is 0.225 e. The third kappa shape index (κ3) is 2.67. The molecule has 2 aromatic rings.